The second-order valence-corrected chi connectivity index (χ2v) is 5.63. The van der Waals surface area contributed by atoms with Crippen molar-refractivity contribution in [1.82, 2.24) is 9.97 Å². The van der Waals surface area contributed by atoms with Crippen LogP contribution in [0.15, 0.2) is 48.5 Å². The lowest BCUT2D eigenvalue weighted by atomic mass is 10.2. The Kier molecular flexibility index (Phi) is 3.88. The van der Waals surface area contributed by atoms with Crippen molar-refractivity contribution in [1.29, 1.82) is 0 Å². The van der Waals surface area contributed by atoms with E-state index in [1.54, 1.807) is 18.2 Å². The van der Waals surface area contributed by atoms with Crippen molar-refractivity contribution in [3.63, 3.8) is 0 Å². The fraction of sp³-hybridized carbons (Fsp3) is 0.222. The summed E-state index contributed by atoms with van der Waals surface area (Å²) in [5.74, 6) is 1.53. The third-order valence-corrected chi connectivity index (χ3v) is 4.04. The van der Waals surface area contributed by atoms with E-state index in [2.05, 4.69) is 15.2 Å². The lowest BCUT2D eigenvalue weighted by molar-refractivity contribution is 0.122. The molecule has 0 bridgehead atoms. The number of ether oxygens (including phenoxy) is 1. The molecule has 2 aromatic carbocycles. The number of hydrogen-bond acceptors (Lipinski definition) is 6. The van der Waals surface area contributed by atoms with Crippen molar-refractivity contribution in [2.75, 3.05) is 36.5 Å². The van der Waals surface area contributed by atoms with Gasteiger partial charge in [0.15, 0.2) is 0 Å². The van der Waals surface area contributed by atoms with Crippen molar-refractivity contribution in [3.8, 4) is 5.75 Å². The molecule has 0 atom stereocenters. The first-order valence-corrected chi connectivity index (χ1v) is 7.96. The fourth-order valence-electron chi connectivity index (χ4n) is 2.83. The van der Waals surface area contributed by atoms with Crippen molar-refractivity contribution in [2.45, 2.75) is 0 Å². The molecule has 6 heteroatoms. The maximum Gasteiger partial charge on any atom is 0.229 e. The fourth-order valence-corrected chi connectivity index (χ4v) is 2.83. The average Bonchev–Trinajstić information content (AvgIpc) is 2.64. The standard InChI is InChI=1S/C18H18N4O2/c23-16-8-4-3-7-15(16)20-18-19-14-6-2-1-5-13(14)17(21-18)22-9-11-24-12-10-22/h1-8,23H,9-12H2,(H,19,20,21). The number of para-hydroxylation sites is 3. The normalized spacial score (nSPS) is 14.8. The van der Waals surface area contributed by atoms with Crippen LogP contribution in [0, 0.1) is 0 Å². The summed E-state index contributed by atoms with van der Waals surface area (Å²) in [5, 5.41) is 14.1. The summed E-state index contributed by atoms with van der Waals surface area (Å²) >= 11 is 0. The minimum Gasteiger partial charge on any atom is -0.506 e. The molecule has 24 heavy (non-hydrogen) atoms. The third kappa shape index (κ3) is 2.83. The number of hydrogen-bond donors (Lipinski definition) is 2. The minimum absolute atomic E-state index is 0.169. The van der Waals surface area contributed by atoms with Gasteiger partial charge in [-0.3, -0.25) is 0 Å². The molecule has 6 nitrogen and oxygen atoms in total. The summed E-state index contributed by atoms with van der Waals surface area (Å²) in [6.45, 7) is 3.00. The molecule has 0 radical (unpaired) electrons. The molecule has 2 N–H and O–H groups in total. The highest BCUT2D eigenvalue weighted by molar-refractivity contribution is 5.91. The summed E-state index contributed by atoms with van der Waals surface area (Å²) in [6, 6.07) is 15.0. The molecule has 1 aromatic heterocycles. The number of phenols is 1. The van der Waals surface area contributed by atoms with Crippen LogP contribution in [0.1, 0.15) is 0 Å². The van der Waals surface area contributed by atoms with Gasteiger partial charge in [0.05, 0.1) is 24.4 Å². The summed E-state index contributed by atoms with van der Waals surface area (Å²) in [6.07, 6.45) is 0. The highest BCUT2D eigenvalue weighted by atomic mass is 16.5. The molecule has 122 valence electrons. The van der Waals surface area contributed by atoms with Gasteiger partial charge in [-0.2, -0.15) is 4.98 Å². The second-order valence-electron chi connectivity index (χ2n) is 5.63. The van der Waals surface area contributed by atoms with Gasteiger partial charge in [0, 0.05) is 18.5 Å². The Morgan fingerprint density at radius 1 is 0.958 bits per heavy atom. The van der Waals surface area contributed by atoms with Crippen molar-refractivity contribution in [3.05, 3.63) is 48.5 Å². The molecule has 2 heterocycles. The molecular formula is C18H18N4O2. The van der Waals surface area contributed by atoms with Gasteiger partial charge in [0.1, 0.15) is 11.6 Å². The van der Waals surface area contributed by atoms with Crippen molar-refractivity contribution < 1.29 is 9.84 Å². The van der Waals surface area contributed by atoms with Crippen LogP contribution in [-0.4, -0.2) is 41.4 Å². The molecule has 1 aliphatic rings. The first-order valence-electron chi connectivity index (χ1n) is 7.96. The minimum atomic E-state index is 0.169. The zero-order valence-corrected chi connectivity index (χ0v) is 13.1. The first-order chi connectivity index (χ1) is 11.8. The van der Waals surface area contributed by atoms with E-state index in [0.717, 1.165) is 29.8 Å². The Balaban J connectivity index is 1.77. The van der Waals surface area contributed by atoms with Crippen LogP contribution < -0.4 is 10.2 Å². The summed E-state index contributed by atoms with van der Waals surface area (Å²) in [4.78, 5) is 11.5. The van der Waals surface area contributed by atoms with E-state index in [-0.39, 0.29) is 5.75 Å². The zero-order chi connectivity index (χ0) is 16.4. The molecule has 0 saturated carbocycles. The number of benzene rings is 2. The van der Waals surface area contributed by atoms with Crippen LogP contribution in [0.4, 0.5) is 17.5 Å². The Labute approximate surface area is 139 Å². The number of phenolic OH excluding ortho intramolecular Hbond substituents is 1. The van der Waals surface area contributed by atoms with E-state index in [1.807, 2.05) is 30.3 Å². The first kappa shape index (κ1) is 14.7. The molecule has 0 unspecified atom stereocenters. The molecule has 0 aliphatic carbocycles. The largest absolute Gasteiger partial charge is 0.506 e. The van der Waals surface area contributed by atoms with Crippen LogP contribution >= 0.6 is 0 Å². The van der Waals surface area contributed by atoms with Gasteiger partial charge in [-0.25, -0.2) is 4.98 Å². The highest BCUT2D eigenvalue weighted by Crippen LogP contribution is 2.29. The van der Waals surface area contributed by atoms with Crippen molar-refractivity contribution in [2.24, 2.45) is 0 Å². The lowest BCUT2D eigenvalue weighted by Crippen LogP contribution is -2.37. The van der Waals surface area contributed by atoms with E-state index in [4.69, 9.17) is 9.72 Å². The van der Waals surface area contributed by atoms with E-state index >= 15 is 0 Å². The number of nitrogens with one attached hydrogen (secondary N) is 1. The van der Waals surface area contributed by atoms with Gasteiger partial charge in [-0.15, -0.1) is 0 Å². The highest BCUT2D eigenvalue weighted by Gasteiger charge is 2.17. The van der Waals surface area contributed by atoms with Gasteiger partial charge in [0.2, 0.25) is 5.95 Å². The monoisotopic (exact) mass is 322 g/mol. The lowest BCUT2D eigenvalue weighted by Gasteiger charge is -2.29. The van der Waals surface area contributed by atoms with Crippen LogP contribution in [0.3, 0.4) is 0 Å². The van der Waals surface area contributed by atoms with E-state index in [0.29, 0.717) is 24.8 Å². The number of rotatable bonds is 3. The van der Waals surface area contributed by atoms with Gasteiger partial charge >= 0.3 is 0 Å². The van der Waals surface area contributed by atoms with Crippen LogP contribution in [0.25, 0.3) is 10.9 Å². The van der Waals surface area contributed by atoms with Crippen LogP contribution in [-0.2, 0) is 4.74 Å². The number of aromatic hydroxyl groups is 1. The van der Waals surface area contributed by atoms with Gasteiger partial charge < -0.3 is 20.1 Å². The number of nitrogens with zero attached hydrogens (tertiary/aromatic N) is 3. The second kappa shape index (κ2) is 6.33. The molecular weight excluding hydrogens is 304 g/mol. The van der Waals surface area contributed by atoms with Gasteiger partial charge in [-0.1, -0.05) is 24.3 Å². The zero-order valence-electron chi connectivity index (χ0n) is 13.1. The van der Waals surface area contributed by atoms with Crippen molar-refractivity contribution >= 4 is 28.4 Å². The summed E-state index contributed by atoms with van der Waals surface area (Å²) < 4.78 is 5.44. The predicted octanol–water partition coefficient (Wildman–Crippen LogP) is 2.92. The Bertz CT molecular complexity index is 863. The quantitative estimate of drug-likeness (QED) is 0.723. The number of morpholine rings is 1. The van der Waals surface area contributed by atoms with Crippen LogP contribution in [0.2, 0.25) is 0 Å². The number of aromatic nitrogens is 2. The molecule has 1 fully saturated rings. The van der Waals surface area contributed by atoms with E-state index in [9.17, 15) is 5.11 Å². The van der Waals surface area contributed by atoms with E-state index < -0.39 is 0 Å². The molecule has 3 aromatic rings. The third-order valence-electron chi connectivity index (χ3n) is 4.04. The van der Waals surface area contributed by atoms with Crippen LogP contribution in [0.5, 0.6) is 5.75 Å². The number of fused-ring (bicyclic) bond motifs is 1. The Hall–Kier alpha value is -2.86. The topological polar surface area (TPSA) is 70.5 Å². The number of anilines is 3. The molecule has 4 rings (SSSR count). The summed E-state index contributed by atoms with van der Waals surface area (Å²) in [5.41, 5.74) is 1.45. The summed E-state index contributed by atoms with van der Waals surface area (Å²) in [7, 11) is 0. The Morgan fingerprint density at radius 2 is 1.71 bits per heavy atom. The maximum absolute atomic E-state index is 9.96. The molecule has 1 saturated heterocycles. The average molecular weight is 322 g/mol. The Morgan fingerprint density at radius 3 is 2.54 bits per heavy atom. The van der Waals surface area contributed by atoms with Gasteiger partial charge in [0.25, 0.3) is 0 Å². The molecule has 1 aliphatic heterocycles. The molecule has 0 amide bonds. The SMILES string of the molecule is Oc1ccccc1Nc1nc(N2CCOCC2)c2ccccc2n1. The van der Waals surface area contributed by atoms with E-state index in [1.165, 1.54) is 0 Å². The maximum atomic E-state index is 9.96. The van der Waals surface area contributed by atoms with Gasteiger partial charge in [-0.05, 0) is 24.3 Å². The predicted molar refractivity (Wildman–Crippen MR) is 94.0 cm³/mol. The smallest absolute Gasteiger partial charge is 0.229 e. The molecule has 0 spiro atoms.